The molecule has 3 heteroatoms. The average molecular weight is 812 g/mol. The van der Waals surface area contributed by atoms with E-state index in [0.717, 1.165) is 5.69 Å². The van der Waals surface area contributed by atoms with Crippen LogP contribution in [0.2, 0.25) is 0 Å². The topological polar surface area (TPSA) is 3.24 Å². The molecule has 0 fully saturated rings. The molecule has 286 valence electrons. The molecule has 0 spiro atoms. The third-order valence-corrected chi connectivity index (χ3v) is 14.5. The largest absolute Gasteiger partial charge is 0.308 e. The Hall–Kier alpha value is -7.30. The van der Waals surface area contributed by atoms with Crippen LogP contribution in [0.15, 0.2) is 224 Å². The lowest BCUT2D eigenvalue weighted by atomic mass is 9.97. The van der Waals surface area contributed by atoms with E-state index < -0.39 is 0 Å². The summed E-state index contributed by atoms with van der Waals surface area (Å²) in [4.78, 5) is 2.52. The van der Waals surface area contributed by atoms with E-state index >= 15 is 0 Å². The van der Waals surface area contributed by atoms with Gasteiger partial charge in [0.2, 0.25) is 0 Å². The van der Waals surface area contributed by atoms with E-state index in [4.69, 9.17) is 0 Å². The minimum absolute atomic E-state index is 1.12. The smallest absolute Gasteiger partial charge is 0.0640 e. The summed E-state index contributed by atoms with van der Waals surface area (Å²) in [7, 11) is 0. The van der Waals surface area contributed by atoms with Crippen molar-refractivity contribution < 1.29 is 0 Å². The number of rotatable bonds is 7. The Kier molecular flexibility index (Phi) is 8.62. The quantitative estimate of drug-likeness (QED) is 0.155. The molecule has 0 radical (unpaired) electrons. The van der Waals surface area contributed by atoms with Crippen molar-refractivity contribution in [3.63, 3.8) is 0 Å². The third kappa shape index (κ3) is 6.21. The van der Waals surface area contributed by atoms with Gasteiger partial charge in [-0.05, 0) is 104 Å². The second-order valence-corrected chi connectivity index (χ2v) is 17.8. The summed E-state index contributed by atoms with van der Waals surface area (Å²) in [6.07, 6.45) is 0. The number of anilines is 3. The second-order valence-electron chi connectivity index (χ2n) is 15.7. The van der Waals surface area contributed by atoms with Gasteiger partial charge in [-0.25, -0.2) is 0 Å². The van der Waals surface area contributed by atoms with Gasteiger partial charge >= 0.3 is 0 Å². The molecule has 0 aliphatic carbocycles. The van der Waals surface area contributed by atoms with Crippen molar-refractivity contribution >= 4 is 90.9 Å². The van der Waals surface area contributed by atoms with E-state index in [1.165, 1.54) is 107 Å². The van der Waals surface area contributed by atoms with Crippen LogP contribution in [0.5, 0.6) is 0 Å². The molecule has 2 aromatic heterocycles. The lowest BCUT2D eigenvalue weighted by Gasteiger charge is -2.28. The summed E-state index contributed by atoms with van der Waals surface area (Å²) < 4.78 is 5.15. The Morgan fingerprint density at radius 3 is 1.72 bits per heavy atom. The molecule has 0 N–H and O–H groups in total. The molecular weight excluding hydrogens is 775 g/mol. The SMILES string of the molecule is c1ccc(-c2ccc3c(c2)sc2c(N(c4ccc(-c5cccc(-c6ccc7ccccc7c6)c5)cc4)c4ccc(-c5ccccc5)c5sc6ccccc6c45)cccc23)cc1. The number of thiophene rings is 2. The average Bonchev–Trinajstić information content (AvgIpc) is 3.92. The summed E-state index contributed by atoms with van der Waals surface area (Å²) >= 11 is 3.77. The van der Waals surface area contributed by atoms with Crippen LogP contribution < -0.4 is 4.90 Å². The molecule has 0 unspecified atom stereocenters. The van der Waals surface area contributed by atoms with Gasteiger partial charge in [-0.2, -0.15) is 0 Å². The Bertz CT molecular complexity index is 3580. The number of fused-ring (bicyclic) bond motifs is 7. The lowest BCUT2D eigenvalue weighted by Crippen LogP contribution is -2.10. The number of hydrogen-bond acceptors (Lipinski definition) is 3. The van der Waals surface area contributed by atoms with Crippen molar-refractivity contribution in [2.24, 2.45) is 0 Å². The normalized spacial score (nSPS) is 11.6. The van der Waals surface area contributed by atoms with E-state index in [-0.39, 0.29) is 0 Å². The zero-order valence-electron chi connectivity index (χ0n) is 33.1. The van der Waals surface area contributed by atoms with Gasteiger partial charge < -0.3 is 4.90 Å². The van der Waals surface area contributed by atoms with Gasteiger partial charge in [0.25, 0.3) is 0 Å². The minimum Gasteiger partial charge on any atom is -0.308 e. The molecule has 0 saturated carbocycles. The molecule has 0 aliphatic rings. The molecule has 12 rings (SSSR count). The van der Waals surface area contributed by atoms with E-state index in [9.17, 15) is 0 Å². The number of benzene rings is 10. The fourth-order valence-electron chi connectivity index (χ4n) is 9.07. The van der Waals surface area contributed by atoms with E-state index in [1.54, 1.807) is 0 Å². The predicted octanol–water partition coefficient (Wildman–Crippen LogP) is 17.7. The van der Waals surface area contributed by atoms with Gasteiger partial charge in [0.15, 0.2) is 0 Å². The van der Waals surface area contributed by atoms with Crippen molar-refractivity contribution in [3.05, 3.63) is 224 Å². The van der Waals surface area contributed by atoms with Crippen LogP contribution in [0.1, 0.15) is 0 Å². The monoisotopic (exact) mass is 811 g/mol. The van der Waals surface area contributed by atoms with Crippen LogP contribution in [-0.2, 0) is 0 Å². The van der Waals surface area contributed by atoms with Gasteiger partial charge in [0.1, 0.15) is 0 Å². The minimum atomic E-state index is 1.12. The van der Waals surface area contributed by atoms with Crippen LogP contribution in [-0.4, -0.2) is 0 Å². The van der Waals surface area contributed by atoms with Crippen molar-refractivity contribution in [1.82, 2.24) is 0 Å². The van der Waals surface area contributed by atoms with Crippen molar-refractivity contribution in [2.75, 3.05) is 4.90 Å². The summed E-state index contributed by atoms with van der Waals surface area (Å²) in [5.74, 6) is 0. The van der Waals surface area contributed by atoms with Crippen LogP contribution in [0.25, 0.3) is 95.6 Å². The maximum Gasteiger partial charge on any atom is 0.0640 e. The van der Waals surface area contributed by atoms with Gasteiger partial charge in [0, 0.05) is 41.3 Å². The molecular formula is C58H37NS2. The zero-order chi connectivity index (χ0) is 40.3. The summed E-state index contributed by atoms with van der Waals surface area (Å²) in [6.45, 7) is 0. The standard InChI is InChI=1S/C58H37NS2/c1-3-13-38(14-4-1)46-29-32-49-50-22-12-23-53(57(50)61-55(49)37-46)59(52-34-33-48(41-16-5-2-6-17-41)58-56(52)51-21-9-10-24-54(51)60-58)47-30-27-40(28-31-47)43-19-11-20-44(35-43)45-26-25-39-15-7-8-18-42(39)36-45/h1-37H. The van der Waals surface area contributed by atoms with Crippen molar-refractivity contribution in [3.8, 4) is 44.5 Å². The molecule has 0 bridgehead atoms. The van der Waals surface area contributed by atoms with Gasteiger partial charge in [-0.3, -0.25) is 0 Å². The van der Waals surface area contributed by atoms with E-state index in [1.807, 2.05) is 22.7 Å². The summed E-state index contributed by atoms with van der Waals surface area (Å²) in [5.41, 5.74) is 13.2. The van der Waals surface area contributed by atoms with Crippen LogP contribution in [0.3, 0.4) is 0 Å². The fraction of sp³-hybridized carbons (Fsp3) is 0. The van der Waals surface area contributed by atoms with Crippen molar-refractivity contribution in [1.29, 1.82) is 0 Å². The van der Waals surface area contributed by atoms with Gasteiger partial charge in [-0.15, -0.1) is 22.7 Å². The molecule has 0 amide bonds. The summed E-state index contributed by atoms with van der Waals surface area (Å²) in [6, 6.07) is 82.4. The fourth-order valence-corrected chi connectivity index (χ4v) is 11.6. The maximum atomic E-state index is 2.52. The first-order valence-corrected chi connectivity index (χ1v) is 22.4. The highest BCUT2D eigenvalue weighted by molar-refractivity contribution is 7.27. The third-order valence-electron chi connectivity index (χ3n) is 12.1. The molecule has 0 atom stereocenters. The molecule has 2 heterocycles. The van der Waals surface area contributed by atoms with Gasteiger partial charge in [-0.1, -0.05) is 176 Å². The molecule has 0 aliphatic heterocycles. The first kappa shape index (κ1) is 35.6. The second kappa shape index (κ2) is 14.8. The van der Waals surface area contributed by atoms with Crippen molar-refractivity contribution in [2.45, 2.75) is 0 Å². The molecule has 1 nitrogen and oxygen atoms in total. The van der Waals surface area contributed by atoms with E-state index in [2.05, 4.69) is 229 Å². The first-order chi connectivity index (χ1) is 30.2. The van der Waals surface area contributed by atoms with Crippen LogP contribution in [0.4, 0.5) is 17.1 Å². The van der Waals surface area contributed by atoms with Crippen LogP contribution >= 0.6 is 22.7 Å². The lowest BCUT2D eigenvalue weighted by molar-refractivity contribution is 1.32. The summed E-state index contributed by atoms with van der Waals surface area (Å²) in [5, 5.41) is 7.62. The molecule has 61 heavy (non-hydrogen) atoms. The molecule has 10 aromatic carbocycles. The number of nitrogens with zero attached hydrogens (tertiary/aromatic N) is 1. The number of hydrogen-bond donors (Lipinski definition) is 0. The first-order valence-electron chi connectivity index (χ1n) is 20.7. The highest BCUT2D eigenvalue weighted by atomic mass is 32.1. The van der Waals surface area contributed by atoms with E-state index in [0.29, 0.717) is 0 Å². The Balaban J connectivity index is 1.05. The zero-order valence-corrected chi connectivity index (χ0v) is 34.8. The maximum absolute atomic E-state index is 2.52. The Labute approximate surface area is 362 Å². The Morgan fingerprint density at radius 2 is 0.885 bits per heavy atom. The predicted molar refractivity (Wildman–Crippen MR) is 266 cm³/mol. The molecule has 0 saturated heterocycles. The molecule has 12 aromatic rings. The highest BCUT2D eigenvalue weighted by Crippen LogP contribution is 2.51. The Morgan fingerprint density at radius 1 is 0.295 bits per heavy atom. The van der Waals surface area contributed by atoms with Gasteiger partial charge in [0.05, 0.1) is 16.1 Å². The van der Waals surface area contributed by atoms with Crippen LogP contribution in [0, 0.1) is 0 Å². The highest BCUT2D eigenvalue weighted by Gasteiger charge is 2.23.